The fraction of sp³-hybridized carbons (Fsp3) is 0.0526. The zero-order valence-electron chi connectivity index (χ0n) is 12.6. The first-order chi connectivity index (χ1) is 11.8. The third-order valence-electron chi connectivity index (χ3n) is 4.54. The summed E-state index contributed by atoms with van der Waals surface area (Å²) in [7, 11) is 0. The molecule has 0 amide bonds. The monoisotopic (exact) mass is 316 g/mol. The number of benzene rings is 2. The summed E-state index contributed by atoms with van der Waals surface area (Å²) in [5.41, 5.74) is 5.99. The van der Waals surface area contributed by atoms with E-state index in [0.717, 1.165) is 39.0 Å². The minimum Gasteiger partial charge on any atom is -0.374 e. The minimum atomic E-state index is -0.238. The van der Waals surface area contributed by atoms with Gasteiger partial charge in [0.25, 0.3) is 0 Å². The van der Waals surface area contributed by atoms with Crippen molar-refractivity contribution in [2.75, 3.05) is 5.32 Å². The van der Waals surface area contributed by atoms with Crippen molar-refractivity contribution in [1.82, 2.24) is 15.2 Å². The quantitative estimate of drug-likeness (QED) is 0.551. The maximum Gasteiger partial charge on any atom is 0.160 e. The molecule has 5 rings (SSSR count). The Kier molecular flexibility index (Phi) is 2.70. The van der Waals surface area contributed by atoms with Gasteiger partial charge in [-0.15, -0.1) is 5.10 Å². The second-order valence-corrected chi connectivity index (χ2v) is 5.90. The van der Waals surface area contributed by atoms with Crippen LogP contribution in [0.2, 0.25) is 0 Å². The van der Waals surface area contributed by atoms with Crippen molar-refractivity contribution in [2.24, 2.45) is 0 Å². The Balaban J connectivity index is 1.83. The fourth-order valence-corrected chi connectivity index (χ4v) is 3.43. The van der Waals surface area contributed by atoms with Crippen LogP contribution >= 0.6 is 0 Å². The summed E-state index contributed by atoms with van der Waals surface area (Å²) in [6, 6.07) is 14.6. The van der Waals surface area contributed by atoms with Gasteiger partial charge in [0.05, 0.1) is 12.2 Å². The highest BCUT2D eigenvalue weighted by Gasteiger charge is 2.26. The van der Waals surface area contributed by atoms with Crippen molar-refractivity contribution in [3.63, 3.8) is 0 Å². The number of hydrogen-bond acceptors (Lipinski definition) is 3. The number of para-hydroxylation sites is 1. The van der Waals surface area contributed by atoms with Gasteiger partial charge in [0.1, 0.15) is 5.82 Å². The van der Waals surface area contributed by atoms with Gasteiger partial charge in [0.15, 0.2) is 5.65 Å². The van der Waals surface area contributed by atoms with Crippen LogP contribution in [0.15, 0.2) is 60.9 Å². The molecule has 1 aliphatic rings. The molecule has 0 bridgehead atoms. The molecular weight excluding hydrogens is 303 g/mol. The highest BCUT2D eigenvalue weighted by atomic mass is 19.1. The first-order valence-corrected chi connectivity index (χ1v) is 7.75. The molecule has 4 nitrogen and oxygen atoms in total. The van der Waals surface area contributed by atoms with Gasteiger partial charge in [-0.05, 0) is 23.8 Å². The molecule has 0 spiro atoms. The van der Waals surface area contributed by atoms with Gasteiger partial charge in [-0.25, -0.2) is 4.39 Å². The number of anilines is 1. The highest BCUT2D eigenvalue weighted by Crippen LogP contribution is 2.42. The molecule has 2 N–H and O–H groups in total. The van der Waals surface area contributed by atoms with Crippen molar-refractivity contribution in [3.8, 4) is 11.1 Å². The number of nitrogens with one attached hydrogen (secondary N) is 2. The van der Waals surface area contributed by atoms with E-state index < -0.39 is 0 Å². The molecule has 0 radical (unpaired) electrons. The molecular formula is C19H13FN4. The number of halogens is 1. The van der Waals surface area contributed by atoms with Crippen molar-refractivity contribution in [3.05, 3.63) is 77.9 Å². The molecule has 24 heavy (non-hydrogen) atoms. The summed E-state index contributed by atoms with van der Waals surface area (Å²) in [6.07, 6.45) is 3.75. The Bertz CT molecular complexity index is 1050. The Labute approximate surface area is 137 Å². The molecule has 1 aliphatic heterocycles. The lowest BCUT2D eigenvalue weighted by molar-refractivity contribution is 0.626. The van der Waals surface area contributed by atoms with Gasteiger partial charge in [-0.3, -0.25) is 0 Å². The summed E-state index contributed by atoms with van der Waals surface area (Å²) in [5, 5.41) is 13.0. The minimum absolute atomic E-state index is 0.0917. The summed E-state index contributed by atoms with van der Waals surface area (Å²) in [5.74, 6) is -0.238. The van der Waals surface area contributed by atoms with E-state index >= 15 is 0 Å². The maximum atomic E-state index is 13.3. The zero-order valence-corrected chi connectivity index (χ0v) is 12.6. The topological polar surface area (TPSA) is 53.6 Å². The summed E-state index contributed by atoms with van der Waals surface area (Å²) >= 11 is 0. The smallest absolute Gasteiger partial charge is 0.160 e. The molecule has 3 heterocycles. The van der Waals surface area contributed by atoms with Crippen LogP contribution in [0.5, 0.6) is 0 Å². The summed E-state index contributed by atoms with van der Waals surface area (Å²) in [6.45, 7) is 0. The highest BCUT2D eigenvalue weighted by molar-refractivity contribution is 6.00. The molecule has 4 aromatic rings. The van der Waals surface area contributed by atoms with Gasteiger partial charge >= 0.3 is 0 Å². The van der Waals surface area contributed by atoms with Crippen molar-refractivity contribution < 1.29 is 4.39 Å². The first-order valence-electron chi connectivity index (χ1n) is 7.75. The SMILES string of the molecule is Fc1ccc(C2Nc3ccccc3-c3cnnc4[nH]cc2c34)cc1. The van der Waals surface area contributed by atoms with Crippen LogP contribution in [-0.4, -0.2) is 15.2 Å². The van der Waals surface area contributed by atoms with Gasteiger partial charge in [0, 0.05) is 34.0 Å². The average Bonchev–Trinajstić information content (AvgIpc) is 2.98. The number of fused-ring (bicyclic) bond motifs is 2. The lowest BCUT2D eigenvalue weighted by Crippen LogP contribution is -2.11. The second-order valence-electron chi connectivity index (χ2n) is 5.90. The van der Waals surface area contributed by atoms with Crippen LogP contribution in [0.1, 0.15) is 17.2 Å². The molecule has 1 atom stereocenters. The lowest BCUT2D eigenvalue weighted by atomic mass is 9.97. The van der Waals surface area contributed by atoms with Gasteiger partial charge in [0.2, 0.25) is 0 Å². The van der Waals surface area contributed by atoms with E-state index in [1.807, 2.05) is 36.5 Å². The van der Waals surface area contributed by atoms with E-state index in [1.54, 1.807) is 6.20 Å². The molecule has 0 aliphatic carbocycles. The molecule has 0 saturated heterocycles. The van der Waals surface area contributed by atoms with E-state index in [0.29, 0.717) is 0 Å². The number of aromatic amines is 1. The van der Waals surface area contributed by atoms with Crippen LogP contribution in [0.25, 0.3) is 22.2 Å². The second kappa shape index (κ2) is 4.89. The van der Waals surface area contributed by atoms with Crippen LogP contribution in [-0.2, 0) is 0 Å². The van der Waals surface area contributed by atoms with Crippen LogP contribution in [0.4, 0.5) is 10.1 Å². The van der Waals surface area contributed by atoms with E-state index in [9.17, 15) is 4.39 Å². The van der Waals surface area contributed by atoms with E-state index in [1.165, 1.54) is 12.1 Å². The predicted octanol–water partition coefficient (Wildman–Crippen LogP) is 4.28. The number of H-pyrrole nitrogens is 1. The third kappa shape index (κ3) is 1.84. The van der Waals surface area contributed by atoms with E-state index in [4.69, 9.17) is 0 Å². The largest absolute Gasteiger partial charge is 0.374 e. The average molecular weight is 316 g/mol. The molecule has 0 saturated carbocycles. The number of aromatic nitrogens is 3. The van der Waals surface area contributed by atoms with Gasteiger partial charge in [-0.1, -0.05) is 30.3 Å². The normalized spacial score (nSPS) is 15.6. The molecule has 2 aromatic heterocycles. The number of rotatable bonds is 1. The van der Waals surface area contributed by atoms with Gasteiger partial charge < -0.3 is 10.3 Å². The van der Waals surface area contributed by atoms with Crippen molar-refractivity contribution >= 4 is 16.7 Å². The Morgan fingerprint density at radius 2 is 1.79 bits per heavy atom. The molecule has 2 aromatic carbocycles. The number of hydrogen-bond donors (Lipinski definition) is 2. The molecule has 0 fully saturated rings. The third-order valence-corrected chi connectivity index (χ3v) is 4.54. The van der Waals surface area contributed by atoms with Crippen LogP contribution in [0.3, 0.4) is 0 Å². The lowest BCUT2D eigenvalue weighted by Gasteiger charge is -2.19. The molecule has 116 valence electrons. The Morgan fingerprint density at radius 1 is 0.958 bits per heavy atom. The van der Waals surface area contributed by atoms with E-state index in [-0.39, 0.29) is 11.9 Å². The van der Waals surface area contributed by atoms with Gasteiger partial charge in [-0.2, -0.15) is 5.10 Å². The predicted molar refractivity (Wildman–Crippen MR) is 91.2 cm³/mol. The van der Waals surface area contributed by atoms with Crippen molar-refractivity contribution in [1.29, 1.82) is 0 Å². The standard InChI is InChI=1S/C19H13FN4/c20-12-7-5-11(6-8-12)18-15-9-21-19-17(15)14(10-22-24-19)13-3-1-2-4-16(13)23-18/h1-10,18,23H,(H,21,24). The Morgan fingerprint density at radius 3 is 2.67 bits per heavy atom. The summed E-state index contributed by atoms with van der Waals surface area (Å²) in [4.78, 5) is 3.20. The molecule has 1 unspecified atom stereocenters. The van der Waals surface area contributed by atoms with Crippen LogP contribution < -0.4 is 5.32 Å². The first kappa shape index (κ1) is 13.2. The Hall–Kier alpha value is -3.21. The van der Waals surface area contributed by atoms with Crippen molar-refractivity contribution in [2.45, 2.75) is 6.04 Å². The fourth-order valence-electron chi connectivity index (χ4n) is 3.43. The van der Waals surface area contributed by atoms with E-state index in [2.05, 4.69) is 26.6 Å². The molecule has 5 heteroatoms. The maximum absolute atomic E-state index is 13.3. The summed E-state index contributed by atoms with van der Waals surface area (Å²) < 4.78 is 13.3. The van der Waals surface area contributed by atoms with Crippen LogP contribution in [0, 0.1) is 5.82 Å². The number of nitrogens with zero attached hydrogens (tertiary/aromatic N) is 2. The zero-order chi connectivity index (χ0) is 16.1.